The van der Waals surface area contributed by atoms with E-state index in [-0.39, 0.29) is 0 Å². The Balaban J connectivity index is 3.07. The van der Waals surface area contributed by atoms with Crippen LogP contribution in [0.2, 0.25) is 0 Å². The summed E-state index contributed by atoms with van der Waals surface area (Å²) in [6, 6.07) is 5.07. The number of hydrogen-bond acceptors (Lipinski definition) is 5. The second-order valence-electron chi connectivity index (χ2n) is 6.60. The van der Waals surface area contributed by atoms with Crippen molar-refractivity contribution in [1.29, 1.82) is 0 Å². The molecule has 1 aromatic carbocycles. The van der Waals surface area contributed by atoms with Gasteiger partial charge in [-0.15, -0.1) is 0 Å². The zero-order valence-electron chi connectivity index (χ0n) is 16.5. The number of nitrogens with zero attached hydrogens (tertiary/aromatic N) is 1. The molecule has 0 aliphatic rings. The summed E-state index contributed by atoms with van der Waals surface area (Å²) in [5.41, 5.74) is 0.203. The Labute approximate surface area is 171 Å². The number of rotatable bonds is 11. The molecule has 1 N–H and O–H groups in total. The predicted molar refractivity (Wildman–Crippen MR) is 100 cm³/mol. The molecule has 0 saturated heterocycles. The van der Waals surface area contributed by atoms with Crippen molar-refractivity contribution < 1.29 is 44.5 Å². The third-order valence-corrected chi connectivity index (χ3v) is 5.10. The summed E-state index contributed by atoms with van der Waals surface area (Å²) in [7, 11) is -6.49. The van der Waals surface area contributed by atoms with E-state index in [0.29, 0.717) is 5.69 Å². The van der Waals surface area contributed by atoms with E-state index >= 15 is 0 Å². The van der Waals surface area contributed by atoms with Crippen LogP contribution in [0.25, 0.3) is 0 Å². The zero-order valence-corrected chi connectivity index (χ0v) is 17.3. The number of halogens is 5. The third-order valence-electron chi connectivity index (χ3n) is 4.20. The summed E-state index contributed by atoms with van der Waals surface area (Å²) in [5, 5.41) is -5.77. The highest BCUT2D eigenvalue weighted by Crippen LogP contribution is 2.38. The van der Waals surface area contributed by atoms with Gasteiger partial charge in [0.15, 0.2) is 0 Å². The van der Waals surface area contributed by atoms with Gasteiger partial charge in [-0.05, 0) is 37.1 Å². The molecule has 1 atom stereocenters. The second-order valence-corrected chi connectivity index (χ2v) is 8.10. The highest BCUT2D eigenvalue weighted by Gasteiger charge is 2.66. The number of benzene rings is 1. The van der Waals surface area contributed by atoms with Crippen LogP contribution in [0.1, 0.15) is 49.9 Å². The SMILES string of the molecule is CCCCN(CCCC)c1ccc(C(=O)OC(C(F)(F)F)C(F)(F)S(=O)(=O)O)cc1. The molecule has 0 spiro atoms. The van der Waals surface area contributed by atoms with Crippen LogP contribution in [0.4, 0.5) is 27.6 Å². The lowest BCUT2D eigenvalue weighted by atomic mass is 10.1. The molecule has 12 heteroatoms. The summed E-state index contributed by atoms with van der Waals surface area (Å²) in [6.07, 6.45) is -6.64. The molecule has 0 aliphatic heterocycles. The Kier molecular flexibility index (Phi) is 9.03. The first-order valence-electron chi connectivity index (χ1n) is 9.23. The maximum Gasteiger partial charge on any atom is 0.432 e. The Morgan fingerprint density at radius 3 is 1.87 bits per heavy atom. The van der Waals surface area contributed by atoms with E-state index in [4.69, 9.17) is 4.55 Å². The van der Waals surface area contributed by atoms with E-state index in [1.165, 1.54) is 12.1 Å². The molecular formula is C18H24F5NO5S. The van der Waals surface area contributed by atoms with Crippen molar-refractivity contribution in [3.8, 4) is 0 Å². The van der Waals surface area contributed by atoms with Crippen LogP contribution < -0.4 is 4.90 Å². The van der Waals surface area contributed by atoms with E-state index in [1.54, 1.807) is 0 Å². The smallest absolute Gasteiger partial charge is 0.432 e. The summed E-state index contributed by atoms with van der Waals surface area (Å²) in [5.74, 6) is -1.80. The van der Waals surface area contributed by atoms with Gasteiger partial charge in [-0.2, -0.15) is 30.4 Å². The van der Waals surface area contributed by atoms with Gasteiger partial charge in [-0.1, -0.05) is 26.7 Å². The Hall–Kier alpha value is -1.95. The monoisotopic (exact) mass is 461 g/mol. The van der Waals surface area contributed by atoms with Gasteiger partial charge in [0.1, 0.15) is 0 Å². The lowest BCUT2D eigenvalue weighted by Crippen LogP contribution is -2.52. The predicted octanol–water partition coefficient (Wildman–Crippen LogP) is 4.66. The Morgan fingerprint density at radius 2 is 1.50 bits per heavy atom. The molecule has 0 heterocycles. The van der Waals surface area contributed by atoms with Gasteiger partial charge in [0, 0.05) is 18.8 Å². The summed E-state index contributed by atoms with van der Waals surface area (Å²) in [6.45, 7) is 5.46. The average Bonchev–Trinajstić information content (AvgIpc) is 2.64. The zero-order chi connectivity index (χ0) is 23.2. The van der Waals surface area contributed by atoms with Gasteiger partial charge >= 0.3 is 27.5 Å². The number of ether oxygens (including phenoxy) is 1. The van der Waals surface area contributed by atoms with Gasteiger partial charge in [-0.3, -0.25) is 4.55 Å². The number of anilines is 1. The molecule has 1 rings (SSSR count). The maximum absolute atomic E-state index is 13.5. The lowest BCUT2D eigenvalue weighted by molar-refractivity contribution is -0.248. The van der Waals surface area contributed by atoms with Crippen LogP contribution in [0.15, 0.2) is 24.3 Å². The van der Waals surface area contributed by atoms with E-state index < -0.39 is 39.2 Å². The molecular weight excluding hydrogens is 437 g/mol. The van der Waals surface area contributed by atoms with Crippen molar-refractivity contribution in [3.05, 3.63) is 29.8 Å². The number of unbranched alkanes of at least 4 members (excludes halogenated alkanes) is 2. The van der Waals surface area contributed by atoms with E-state index in [9.17, 15) is 35.2 Å². The fraction of sp³-hybridized carbons (Fsp3) is 0.611. The van der Waals surface area contributed by atoms with Gasteiger partial charge < -0.3 is 9.64 Å². The molecule has 6 nitrogen and oxygen atoms in total. The number of alkyl halides is 5. The molecule has 0 bridgehead atoms. The highest BCUT2D eigenvalue weighted by molar-refractivity contribution is 7.86. The van der Waals surface area contributed by atoms with Crippen molar-refractivity contribution in [1.82, 2.24) is 0 Å². The molecule has 1 aromatic rings. The molecule has 0 aromatic heterocycles. The van der Waals surface area contributed by atoms with E-state index in [1.807, 2.05) is 18.7 Å². The third kappa shape index (κ3) is 6.79. The van der Waals surface area contributed by atoms with Crippen molar-refractivity contribution in [2.24, 2.45) is 0 Å². The van der Waals surface area contributed by atoms with Crippen LogP contribution in [-0.4, -0.2) is 49.6 Å². The van der Waals surface area contributed by atoms with Crippen LogP contribution >= 0.6 is 0 Å². The minimum absolute atomic E-state index is 0.481. The van der Waals surface area contributed by atoms with Crippen molar-refractivity contribution in [3.63, 3.8) is 0 Å². The molecule has 0 amide bonds. The minimum atomic E-state index is -6.49. The van der Waals surface area contributed by atoms with Gasteiger partial charge in [0.2, 0.25) is 0 Å². The molecule has 1 unspecified atom stereocenters. The number of esters is 1. The Morgan fingerprint density at radius 1 is 1.03 bits per heavy atom. The van der Waals surface area contributed by atoms with Crippen molar-refractivity contribution in [2.75, 3.05) is 18.0 Å². The van der Waals surface area contributed by atoms with Crippen LogP contribution in [0.5, 0.6) is 0 Å². The first-order valence-corrected chi connectivity index (χ1v) is 10.7. The van der Waals surface area contributed by atoms with Crippen LogP contribution in [0, 0.1) is 0 Å². The van der Waals surface area contributed by atoms with Gasteiger partial charge in [0.25, 0.3) is 6.10 Å². The van der Waals surface area contributed by atoms with E-state index in [2.05, 4.69) is 4.74 Å². The Bertz CT molecular complexity index is 788. The number of hydrogen-bond donors (Lipinski definition) is 1. The van der Waals surface area contributed by atoms with Crippen LogP contribution in [0.3, 0.4) is 0 Å². The van der Waals surface area contributed by atoms with Crippen molar-refractivity contribution in [2.45, 2.75) is 57.1 Å². The molecule has 0 fully saturated rings. The summed E-state index contributed by atoms with van der Waals surface area (Å²) in [4.78, 5) is 14.0. The summed E-state index contributed by atoms with van der Waals surface area (Å²) >= 11 is 0. The normalized spacial score (nSPS) is 13.7. The number of carbonyl (C=O) groups excluding carboxylic acids is 1. The first-order chi connectivity index (χ1) is 13.8. The number of carbonyl (C=O) groups is 1. The van der Waals surface area contributed by atoms with Crippen molar-refractivity contribution >= 4 is 21.8 Å². The van der Waals surface area contributed by atoms with E-state index in [0.717, 1.165) is 50.9 Å². The second kappa shape index (κ2) is 10.4. The fourth-order valence-electron chi connectivity index (χ4n) is 2.51. The maximum atomic E-state index is 13.5. The standard InChI is InChI=1S/C18H24F5NO5S/c1-3-5-11-24(12-6-4-2)14-9-7-13(8-10-14)15(25)29-16(17(19,20)21)18(22,23)30(26,27)28/h7-10,16H,3-6,11-12H2,1-2H3,(H,26,27,28). The quantitative estimate of drug-likeness (QED) is 0.293. The minimum Gasteiger partial charge on any atom is -0.441 e. The summed E-state index contributed by atoms with van der Waals surface area (Å²) < 4.78 is 99.2. The largest absolute Gasteiger partial charge is 0.441 e. The fourth-order valence-corrected chi connectivity index (χ4v) is 2.96. The molecule has 172 valence electrons. The molecule has 0 saturated carbocycles. The topological polar surface area (TPSA) is 83.9 Å². The highest BCUT2D eigenvalue weighted by atomic mass is 32.2. The molecule has 30 heavy (non-hydrogen) atoms. The average molecular weight is 461 g/mol. The van der Waals surface area contributed by atoms with Gasteiger partial charge in [0.05, 0.1) is 5.56 Å². The lowest BCUT2D eigenvalue weighted by Gasteiger charge is -2.26. The molecule has 0 aliphatic carbocycles. The van der Waals surface area contributed by atoms with Crippen LogP contribution in [-0.2, 0) is 14.9 Å². The molecule has 0 radical (unpaired) electrons. The first kappa shape index (κ1) is 26.1. The van der Waals surface area contributed by atoms with Gasteiger partial charge in [-0.25, -0.2) is 4.79 Å².